The summed E-state index contributed by atoms with van der Waals surface area (Å²) < 4.78 is 6.42. The van der Waals surface area contributed by atoms with E-state index in [2.05, 4.69) is 55.8 Å². The maximum atomic E-state index is 14.9. The van der Waals surface area contributed by atoms with Gasteiger partial charge in [0.2, 0.25) is 11.8 Å². The molecule has 2 fully saturated rings. The molecule has 2 aliphatic heterocycles. The number of thiophene rings is 2. The Bertz CT molecular complexity index is 2530. The summed E-state index contributed by atoms with van der Waals surface area (Å²) in [5.74, 6) is 1.70. The van der Waals surface area contributed by atoms with Crippen LogP contribution in [-0.4, -0.2) is 84.8 Å². The van der Waals surface area contributed by atoms with Crippen molar-refractivity contribution in [2.45, 2.75) is 110 Å². The van der Waals surface area contributed by atoms with E-state index in [4.69, 9.17) is 17.4 Å². The molecule has 0 saturated carbocycles. The quantitative estimate of drug-likeness (QED) is 0.0749. The van der Waals surface area contributed by atoms with Gasteiger partial charge in [0.25, 0.3) is 11.8 Å². The number of amides is 4. The first-order valence-electron chi connectivity index (χ1n) is 24.6. The fourth-order valence-corrected chi connectivity index (χ4v) is 11.7. The average Bonchev–Trinajstić information content (AvgIpc) is 4.05. The molecule has 5 aromatic rings. The van der Waals surface area contributed by atoms with Crippen molar-refractivity contribution < 1.29 is 23.9 Å². The third-order valence-electron chi connectivity index (χ3n) is 13.2. The molecule has 3 aromatic carbocycles. The van der Waals surface area contributed by atoms with Gasteiger partial charge in [-0.15, -0.1) is 22.7 Å². The van der Waals surface area contributed by atoms with Gasteiger partial charge in [0, 0.05) is 90.6 Å². The van der Waals surface area contributed by atoms with Gasteiger partial charge < -0.3 is 25.2 Å². The summed E-state index contributed by atoms with van der Waals surface area (Å²) in [4.78, 5) is 66.1. The Labute approximate surface area is 423 Å². The van der Waals surface area contributed by atoms with Crippen molar-refractivity contribution in [3.05, 3.63) is 128 Å². The Morgan fingerprint density at radius 2 is 1.43 bits per heavy atom. The summed E-state index contributed by atoms with van der Waals surface area (Å²) in [5.41, 5.74) is 5.41. The normalized spacial score (nSPS) is 17.7. The maximum Gasteiger partial charge on any atom is 0.251 e. The average molecular weight is 991 g/mol. The van der Waals surface area contributed by atoms with Crippen LogP contribution in [0.1, 0.15) is 110 Å². The number of piperazine rings is 2. The lowest BCUT2D eigenvalue weighted by Crippen LogP contribution is -2.57. The fourth-order valence-electron chi connectivity index (χ4n) is 9.54. The minimum absolute atomic E-state index is 0.0662. The largest absolute Gasteiger partial charge is 0.457 e. The molecule has 2 aromatic heterocycles. The molecule has 0 bridgehead atoms. The number of nitrogens with zero attached hydrogens (tertiary/aromatic N) is 4. The summed E-state index contributed by atoms with van der Waals surface area (Å²) in [5, 5.41) is 11.0. The lowest BCUT2D eigenvalue weighted by molar-refractivity contribution is -0.136. The van der Waals surface area contributed by atoms with Gasteiger partial charge in [-0.1, -0.05) is 77.4 Å². The number of hydrogen-bond acceptors (Lipinski definition) is 10. The molecule has 368 valence electrons. The molecule has 0 spiro atoms. The van der Waals surface area contributed by atoms with Crippen LogP contribution in [-0.2, 0) is 25.6 Å². The predicted octanol–water partition coefficient (Wildman–Crippen LogP) is 10.7. The van der Waals surface area contributed by atoms with Crippen LogP contribution in [0.2, 0.25) is 0 Å². The second kappa shape index (κ2) is 23.7. The van der Waals surface area contributed by atoms with Crippen molar-refractivity contribution >= 4 is 70.3 Å². The van der Waals surface area contributed by atoms with Crippen LogP contribution in [0.25, 0.3) is 0 Å². The van der Waals surface area contributed by atoms with Crippen molar-refractivity contribution in [2.24, 2.45) is 11.8 Å². The lowest BCUT2D eigenvalue weighted by atomic mass is 10.00. The van der Waals surface area contributed by atoms with Crippen molar-refractivity contribution in [2.75, 3.05) is 49.1 Å². The lowest BCUT2D eigenvalue weighted by Gasteiger charge is -2.40. The van der Waals surface area contributed by atoms with Gasteiger partial charge in [0.15, 0.2) is 0 Å². The molecule has 69 heavy (non-hydrogen) atoms. The van der Waals surface area contributed by atoms with Crippen molar-refractivity contribution in [1.82, 2.24) is 20.4 Å². The number of ether oxygens (including phenoxy) is 1. The second-order valence-electron chi connectivity index (χ2n) is 19.2. The number of benzene rings is 3. The van der Waals surface area contributed by atoms with Crippen LogP contribution < -0.4 is 25.2 Å². The highest BCUT2D eigenvalue weighted by molar-refractivity contribution is 7.80. The molecule has 5 atom stereocenters. The molecular formula is C55H70N6O5S3. The monoisotopic (exact) mass is 990 g/mol. The van der Waals surface area contributed by atoms with Crippen molar-refractivity contribution in [1.29, 1.82) is 0 Å². The van der Waals surface area contributed by atoms with E-state index in [0.717, 1.165) is 44.1 Å². The van der Waals surface area contributed by atoms with Crippen LogP contribution in [0.15, 0.2) is 95.7 Å². The molecule has 4 heterocycles. The van der Waals surface area contributed by atoms with Crippen LogP contribution in [0.3, 0.4) is 0 Å². The molecule has 0 aliphatic carbocycles. The Morgan fingerprint density at radius 1 is 0.754 bits per heavy atom. The fraction of sp³-hybridized carbons (Fsp3) is 0.455. The molecule has 11 nitrogen and oxygen atoms in total. The van der Waals surface area contributed by atoms with Crippen molar-refractivity contribution in [3.63, 3.8) is 0 Å². The predicted molar refractivity (Wildman–Crippen MR) is 285 cm³/mol. The van der Waals surface area contributed by atoms with Gasteiger partial charge in [0.05, 0.1) is 0 Å². The smallest absolute Gasteiger partial charge is 0.251 e. The SMILES string of the molecule is CCC(=O)N(c1ccc(Oc2cccc(C(S)Cc3csc([C@@H](C(=O)N4CCN[C@@H](C(C)C)C4)N(C(=O)CC)c4ccc(C)cc4C)c3)c2)cc1)[C@H](C(=O)N1CCN[C@@H](CC(C)C)C1)c1cccs1. The first kappa shape index (κ1) is 51.8. The Kier molecular flexibility index (Phi) is 17.8. The third kappa shape index (κ3) is 12.7. The molecule has 2 saturated heterocycles. The van der Waals surface area contributed by atoms with Gasteiger partial charge in [-0.05, 0) is 121 Å². The first-order valence-corrected chi connectivity index (χ1v) is 26.9. The number of nitrogens with one attached hydrogen (secondary N) is 2. The van der Waals surface area contributed by atoms with E-state index in [1.165, 1.54) is 22.7 Å². The molecule has 2 N–H and O–H groups in total. The van der Waals surface area contributed by atoms with E-state index in [-0.39, 0.29) is 53.8 Å². The van der Waals surface area contributed by atoms with Gasteiger partial charge in [0.1, 0.15) is 23.6 Å². The van der Waals surface area contributed by atoms with Gasteiger partial charge in [-0.3, -0.25) is 29.0 Å². The standard InChI is InChI=1S/C55H70N6O5S3/c1-9-50(62)60(52(48-15-12-26-68-48)54(64)58-24-22-56-41(32-58)27-35(3)4)42-17-19-43(20-18-42)66-44-14-11-13-40(31-44)47(67)29-39-30-49(69-34-39)53(55(65)59-25-23-57-45(33-59)36(5)6)61(51(63)10-2)46-21-16-37(7)28-38(46)8/h11-21,26,28,30-31,34-36,41,45,47,52-53,56-57,67H,9-10,22-25,27,29,32-33H2,1-8H3/t41-,45+,47?,52-,53-/m0/s1. The van der Waals surface area contributed by atoms with Gasteiger partial charge in [-0.25, -0.2) is 0 Å². The molecule has 0 radical (unpaired) electrons. The van der Waals surface area contributed by atoms with E-state index in [1.807, 2.05) is 116 Å². The van der Waals surface area contributed by atoms with Gasteiger partial charge >= 0.3 is 0 Å². The van der Waals surface area contributed by atoms with Crippen molar-refractivity contribution in [3.8, 4) is 11.5 Å². The van der Waals surface area contributed by atoms with E-state index >= 15 is 0 Å². The Morgan fingerprint density at radius 3 is 2.09 bits per heavy atom. The number of thiol groups is 1. The van der Waals surface area contributed by atoms with E-state index in [0.29, 0.717) is 74.7 Å². The zero-order chi connectivity index (χ0) is 49.4. The number of anilines is 2. The highest BCUT2D eigenvalue weighted by Crippen LogP contribution is 2.39. The number of rotatable bonds is 18. The number of carbonyl (C=O) groups is 4. The number of carbonyl (C=O) groups excluding carboxylic acids is 4. The van der Waals surface area contributed by atoms with Gasteiger partial charge in [-0.2, -0.15) is 12.6 Å². The molecule has 1 unspecified atom stereocenters. The Hall–Kier alpha value is -4.99. The number of aryl methyl sites for hydroxylation is 2. The zero-order valence-corrected chi connectivity index (χ0v) is 44.0. The third-order valence-corrected chi connectivity index (χ3v) is 15.6. The van der Waals surface area contributed by atoms with Crippen LogP contribution in [0, 0.1) is 25.7 Å². The molecular weight excluding hydrogens is 921 g/mol. The topological polar surface area (TPSA) is 115 Å². The second-order valence-corrected chi connectivity index (χ2v) is 21.8. The molecule has 2 aliphatic rings. The maximum absolute atomic E-state index is 14.9. The summed E-state index contributed by atoms with van der Waals surface area (Å²) in [6.45, 7) is 20.2. The summed E-state index contributed by atoms with van der Waals surface area (Å²) in [7, 11) is 0. The number of hydrogen-bond donors (Lipinski definition) is 3. The highest BCUT2D eigenvalue weighted by atomic mass is 32.1. The minimum atomic E-state index is -0.811. The minimum Gasteiger partial charge on any atom is -0.457 e. The van der Waals surface area contributed by atoms with Crippen LogP contribution in [0.4, 0.5) is 11.4 Å². The molecule has 7 rings (SSSR count). The van der Waals surface area contributed by atoms with E-state index in [9.17, 15) is 19.2 Å². The summed E-state index contributed by atoms with van der Waals surface area (Å²) >= 11 is 8.10. The van der Waals surface area contributed by atoms with Crippen LogP contribution in [0.5, 0.6) is 11.5 Å². The highest BCUT2D eigenvalue weighted by Gasteiger charge is 2.40. The first-order chi connectivity index (χ1) is 33.1. The summed E-state index contributed by atoms with van der Waals surface area (Å²) in [6.07, 6.45) is 2.06. The van der Waals surface area contributed by atoms with E-state index < -0.39 is 12.1 Å². The molecule has 14 heteroatoms. The Balaban J connectivity index is 1.09. The van der Waals surface area contributed by atoms with Crippen LogP contribution >= 0.6 is 35.3 Å². The zero-order valence-electron chi connectivity index (χ0n) is 41.4. The molecule has 4 amide bonds. The summed E-state index contributed by atoms with van der Waals surface area (Å²) in [6, 6.07) is 26.0. The van der Waals surface area contributed by atoms with E-state index in [1.54, 1.807) is 9.80 Å².